The molecule has 0 aromatic rings. The summed E-state index contributed by atoms with van der Waals surface area (Å²) in [5.41, 5.74) is 8.24. The zero-order valence-electron chi connectivity index (χ0n) is 11.1. The molecule has 3 heterocycles. The van der Waals surface area contributed by atoms with Crippen molar-refractivity contribution in [2.75, 3.05) is 32.7 Å². The third kappa shape index (κ3) is 2.48. The van der Waals surface area contributed by atoms with Crippen LogP contribution >= 0.6 is 0 Å². The molecule has 3 aliphatic heterocycles. The van der Waals surface area contributed by atoms with E-state index in [1.54, 1.807) is 6.20 Å². The first-order chi connectivity index (χ1) is 8.85. The SMILES string of the molecule is N/C=C1/CC/C(=C\N2CCN3CCCC3C2)CN1. The van der Waals surface area contributed by atoms with Crippen molar-refractivity contribution >= 4 is 0 Å². The molecule has 0 spiro atoms. The van der Waals surface area contributed by atoms with Crippen molar-refractivity contribution in [3.05, 3.63) is 23.7 Å². The minimum absolute atomic E-state index is 0.812. The average Bonchev–Trinajstić information content (AvgIpc) is 2.87. The lowest BCUT2D eigenvalue weighted by molar-refractivity contribution is 0.137. The van der Waals surface area contributed by atoms with Crippen LogP contribution in [0.1, 0.15) is 25.7 Å². The Kier molecular flexibility index (Phi) is 3.46. The smallest absolute Gasteiger partial charge is 0.0374 e. The van der Waals surface area contributed by atoms with Crippen molar-refractivity contribution in [2.24, 2.45) is 5.73 Å². The summed E-state index contributed by atoms with van der Waals surface area (Å²) in [4.78, 5) is 5.18. The molecule has 3 fully saturated rings. The number of piperazine rings is 1. The Morgan fingerprint density at radius 3 is 2.94 bits per heavy atom. The molecule has 4 heteroatoms. The Morgan fingerprint density at radius 1 is 1.22 bits per heavy atom. The quantitative estimate of drug-likeness (QED) is 0.721. The first kappa shape index (κ1) is 11.9. The van der Waals surface area contributed by atoms with Crippen LogP contribution in [0.5, 0.6) is 0 Å². The maximum absolute atomic E-state index is 5.53. The molecule has 3 rings (SSSR count). The fourth-order valence-electron chi connectivity index (χ4n) is 3.34. The third-order valence-electron chi connectivity index (χ3n) is 4.44. The van der Waals surface area contributed by atoms with Gasteiger partial charge in [-0.15, -0.1) is 0 Å². The number of nitrogens with zero attached hydrogens (tertiary/aromatic N) is 2. The average molecular weight is 248 g/mol. The molecule has 0 radical (unpaired) electrons. The van der Waals surface area contributed by atoms with Crippen molar-refractivity contribution < 1.29 is 0 Å². The molecule has 1 atom stereocenters. The second-order valence-corrected chi connectivity index (χ2v) is 5.66. The largest absolute Gasteiger partial charge is 0.403 e. The maximum Gasteiger partial charge on any atom is 0.0374 e. The summed E-state index contributed by atoms with van der Waals surface area (Å²) >= 11 is 0. The number of nitrogens with one attached hydrogen (secondary N) is 1. The highest BCUT2D eigenvalue weighted by atomic mass is 15.3. The highest BCUT2D eigenvalue weighted by Crippen LogP contribution is 2.23. The van der Waals surface area contributed by atoms with Gasteiger partial charge in [0.05, 0.1) is 0 Å². The van der Waals surface area contributed by atoms with Crippen LogP contribution < -0.4 is 11.1 Å². The second-order valence-electron chi connectivity index (χ2n) is 5.66. The van der Waals surface area contributed by atoms with E-state index in [9.17, 15) is 0 Å². The Hall–Kier alpha value is -1.16. The Morgan fingerprint density at radius 2 is 2.17 bits per heavy atom. The minimum Gasteiger partial charge on any atom is -0.403 e. The minimum atomic E-state index is 0.812. The van der Waals surface area contributed by atoms with Crippen LogP contribution in [0.4, 0.5) is 0 Å². The third-order valence-corrected chi connectivity index (χ3v) is 4.44. The first-order valence-corrected chi connectivity index (χ1v) is 7.17. The lowest BCUT2D eigenvalue weighted by Crippen LogP contribution is -2.48. The van der Waals surface area contributed by atoms with Gasteiger partial charge in [-0.05, 0) is 37.8 Å². The van der Waals surface area contributed by atoms with Crippen LogP contribution in [0.15, 0.2) is 23.7 Å². The fourth-order valence-corrected chi connectivity index (χ4v) is 3.34. The van der Waals surface area contributed by atoms with Crippen molar-refractivity contribution in [3.8, 4) is 0 Å². The van der Waals surface area contributed by atoms with Crippen LogP contribution in [0, 0.1) is 0 Å². The van der Waals surface area contributed by atoms with E-state index in [-0.39, 0.29) is 0 Å². The van der Waals surface area contributed by atoms with Crippen LogP contribution in [-0.2, 0) is 0 Å². The van der Waals surface area contributed by atoms with Gasteiger partial charge in [0.25, 0.3) is 0 Å². The number of fused-ring (bicyclic) bond motifs is 1. The number of nitrogens with two attached hydrogens (primary N) is 1. The standard InChI is InChI=1S/C14H24N4/c15-8-13-4-3-12(9-16-13)10-17-6-7-18-5-1-2-14(18)11-17/h8,10,14,16H,1-7,9,11,15H2/b12-10+,13-8-. The van der Waals surface area contributed by atoms with Crippen molar-refractivity contribution in [2.45, 2.75) is 31.7 Å². The lowest BCUT2D eigenvalue weighted by atomic mass is 10.0. The van der Waals surface area contributed by atoms with E-state index in [4.69, 9.17) is 5.73 Å². The second kappa shape index (κ2) is 5.22. The Bertz CT molecular complexity index is 349. The van der Waals surface area contributed by atoms with Crippen molar-refractivity contribution in [1.29, 1.82) is 0 Å². The molecule has 4 nitrogen and oxygen atoms in total. The van der Waals surface area contributed by atoms with Crippen LogP contribution in [0.25, 0.3) is 0 Å². The highest BCUT2D eigenvalue weighted by molar-refractivity contribution is 5.15. The molecule has 0 amide bonds. The lowest BCUT2D eigenvalue weighted by Gasteiger charge is -2.37. The molecule has 3 N–H and O–H groups in total. The number of allylic oxidation sites excluding steroid dienone is 1. The first-order valence-electron chi connectivity index (χ1n) is 7.17. The van der Waals surface area contributed by atoms with Crippen LogP contribution in [-0.4, -0.2) is 48.6 Å². The topological polar surface area (TPSA) is 44.5 Å². The zero-order valence-corrected chi connectivity index (χ0v) is 11.1. The summed E-state index contributed by atoms with van der Waals surface area (Å²) in [6.45, 7) is 5.95. The highest BCUT2D eigenvalue weighted by Gasteiger charge is 2.29. The number of hydrogen-bond donors (Lipinski definition) is 2. The molecule has 0 aliphatic carbocycles. The van der Waals surface area contributed by atoms with E-state index in [1.807, 2.05) is 0 Å². The summed E-state index contributed by atoms with van der Waals surface area (Å²) in [6.07, 6.45) is 9.09. The van der Waals surface area contributed by atoms with E-state index in [1.165, 1.54) is 50.3 Å². The van der Waals surface area contributed by atoms with Gasteiger partial charge in [0.2, 0.25) is 0 Å². The molecule has 1 unspecified atom stereocenters. The molecule has 100 valence electrons. The predicted molar refractivity (Wildman–Crippen MR) is 73.8 cm³/mol. The van der Waals surface area contributed by atoms with Gasteiger partial charge in [0, 0.05) is 50.3 Å². The van der Waals surface area contributed by atoms with Gasteiger partial charge in [0.1, 0.15) is 0 Å². The van der Waals surface area contributed by atoms with E-state index >= 15 is 0 Å². The Labute approximate surface area is 109 Å². The normalized spacial score (nSPS) is 33.8. The summed E-state index contributed by atoms with van der Waals surface area (Å²) in [6, 6.07) is 0.812. The Balaban J connectivity index is 1.56. The van der Waals surface area contributed by atoms with Crippen LogP contribution in [0.2, 0.25) is 0 Å². The van der Waals surface area contributed by atoms with E-state index < -0.39 is 0 Å². The molecule has 0 aromatic carbocycles. The van der Waals surface area contributed by atoms with Crippen LogP contribution in [0.3, 0.4) is 0 Å². The molecule has 3 aliphatic rings. The number of rotatable bonds is 1. The van der Waals surface area contributed by atoms with Gasteiger partial charge in [-0.3, -0.25) is 4.90 Å². The van der Waals surface area contributed by atoms with E-state index in [2.05, 4.69) is 21.3 Å². The van der Waals surface area contributed by atoms with E-state index in [0.29, 0.717) is 0 Å². The van der Waals surface area contributed by atoms with Crippen molar-refractivity contribution in [1.82, 2.24) is 15.1 Å². The maximum atomic E-state index is 5.53. The molecule has 3 saturated heterocycles. The van der Waals surface area contributed by atoms with Gasteiger partial charge in [0.15, 0.2) is 0 Å². The summed E-state index contributed by atoms with van der Waals surface area (Å²) < 4.78 is 0. The molecule has 0 saturated carbocycles. The fraction of sp³-hybridized carbons (Fsp3) is 0.714. The molecular weight excluding hydrogens is 224 g/mol. The molecule has 18 heavy (non-hydrogen) atoms. The molecule has 0 bridgehead atoms. The summed E-state index contributed by atoms with van der Waals surface area (Å²) in [5.74, 6) is 0. The van der Waals surface area contributed by atoms with E-state index in [0.717, 1.165) is 25.4 Å². The summed E-state index contributed by atoms with van der Waals surface area (Å²) in [7, 11) is 0. The zero-order chi connectivity index (χ0) is 12.4. The monoisotopic (exact) mass is 248 g/mol. The van der Waals surface area contributed by atoms with Gasteiger partial charge in [-0.25, -0.2) is 0 Å². The number of hydrogen-bond acceptors (Lipinski definition) is 4. The van der Waals surface area contributed by atoms with Gasteiger partial charge in [-0.2, -0.15) is 0 Å². The van der Waals surface area contributed by atoms with Gasteiger partial charge >= 0.3 is 0 Å². The number of piperidine rings is 1. The summed E-state index contributed by atoms with van der Waals surface area (Å²) in [5, 5.41) is 3.39. The van der Waals surface area contributed by atoms with Gasteiger partial charge in [-0.1, -0.05) is 0 Å². The predicted octanol–water partition coefficient (Wildman–Crippen LogP) is 0.834. The molecular formula is C14H24N4. The van der Waals surface area contributed by atoms with Gasteiger partial charge < -0.3 is 16.0 Å². The van der Waals surface area contributed by atoms with Crippen molar-refractivity contribution in [3.63, 3.8) is 0 Å². The molecule has 0 aromatic heterocycles.